The molecule has 2 N–H and O–H groups in total. The van der Waals surface area contributed by atoms with Crippen LogP contribution in [0.2, 0.25) is 0 Å². The monoisotopic (exact) mass is 172 g/mol. The molecule has 1 unspecified atom stereocenters. The van der Waals surface area contributed by atoms with Crippen LogP contribution in [-0.4, -0.2) is 13.9 Å². The number of phenolic OH excluding ortho intramolecular Hbond substituents is 1. The van der Waals surface area contributed by atoms with E-state index < -0.39 is 11.1 Å². The zero-order valence-corrected chi connectivity index (χ0v) is 6.54. The topological polar surface area (TPSA) is 57.5 Å². The van der Waals surface area contributed by atoms with Gasteiger partial charge in [0.05, 0.1) is 5.75 Å². The predicted molar refractivity (Wildman–Crippen MR) is 42.6 cm³/mol. The number of aromatic hydroxyl groups is 1. The molecule has 0 aliphatic carbocycles. The zero-order chi connectivity index (χ0) is 8.27. The van der Waals surface area contributed by atoms with Gasteiger partial charge in [0, 0.05) is 0 Å². The molecule has 1 rings (SSSR count). The first kappa shape index (κ1) is 8.23. The van der Waals surface area contributed by atoms with Gasteiger partial charge in [0.15, 0.2) is 11.1 Å². The average molecular weight is 172 g/mol. The van der Waals surface area contributed by atoms with E-state index in [1.165, 1.54) is 12.1 Å². The highest BCUT2D eigenvalue weighted by atomic mass is 32.2. The normalized spacial score (nSPS) is 12.8. The number of benzene rings is 1. The van der Waals surface area contributed by atoms with Crippen molar-refractivity contribution in [2.75, 3.05) is 0 Å². The molecular formula is C7H8O3S. The summed E-state index contributed by atoms with van der Waals surface area (Å²) in [5, 5.41) is 8.95. The highest BCUT2D eigenvalue weighted by Crippen LogP contribution is 2.11. The SMILES string of the molecule is O=S(O)Cc1cccc(O)c1. The first-order valence-electron chi connectivity index (χ1n) is 3.04. The van der Waals surface area contributed by atoms with Crippen LogP contribution in [0.1, 0.15) is 5.56 Å². The summed E-state index contributed by atoms with van der Waals surface area (Å²) < 4.78 is 18.8. The minimum Gasteiger partial charge on any atom is -0.508 e. The molecule has 0 aliphatic rings. The minimum absolute atomic E-state index is 0.0639. The molecule has 1 atom stereocenters. The largest absolute Gasteiger partial charge is 0.508 e. The summed E-state index contributed by atoms with van der Waals surface area (Å²) in [6.45, 7) is 0. The van der Waals surface area contributed by atoms with Crippen LogP contribution in [0.3, 0.4) is 0 Å². The maximum absolute atomic E-state index is 10.3. The number of hydrogen-bond acceptors (Lipinski definition) is 2. The summed E-state index contributed by atoms with van der Waals surface area (Å²) in [5.74, 6) is 0.182. The van der Waals surface area contributed by atoms with Crippen molar-refractivity contribution in [1.29, 1.82) is 0 Å². The highest BCUT2D eigenvalue weighted by Gasteiger charge is 1.97. The zero-order valence-electron chi connectivity index (χ0n) is 5.73. The van der Waals surface area contributed by atoms with E-state index in [9.17, 15) is 4.21 Å². The second-order valence-corrected chi connectivity index (χ2v) is 3.07. The van der Waals surface area contributed by atoms with Gasteiger partial charge in [0.1, 0.15) is 5.75 Å². The molecule has 1 aromatic carbocycles. The van der Waals surface area contributed by atoms with Crippen molar-refractivity contribution < 1.29 is 13.9 Å². The minimum atomic E-state index is -1.84. The van der Waals surface area contributed by atoms with Gasteiger partial charge >= 0.3 is 0 Å². The Hall–Kier alpha value is -0.870. The van der Waals surface area contributed by atoms with Gasteiger partial charge in [-0.2, -0.15) is 0 Å². The molecule has 0 fully saturated rings. The first-order chi connectivity index (χ1) is 5.18. The van der Waals surface area contributed by atoms with Crippen LogP contribution in [0.4, 0.5) is 0 Å². The van der Waals surface area contributed by atoms with Gasteiger partial charge in [-0.3, -0.25) is 0 Å². The van der Waals surface area contributed by atoms with E-state index in [2.05, 4.69) is 0 Å². The summed E-state index contributed by atoms with van der Waals surface area (Å²) in [4.78, 5) is 0. The van der Waals surface area contributed by atoms with E-state index in [1.54, 1.807) is 12.1 Å². The van der Waals surface area contributed by atoms with Crippen LogP contribution in [-0.2, 0) is 16.8 Å². The lowest BCUT2D eigenvalue weighted by Gasteiger charge is -1.96. The maximum atomic E-state index is 10.3. The molecule has 60 valence electrons. The van der Waals surface area contributed by atoms with Crippen molar-refractivity contribution >= 4 is 11.1 Å². The van der Waals surface area contributed by atoms with Gasteiger partial charge in [-0.15, -0.1) is 0 Å². The van der Waals surface area contributed by atoms with Crippen LogP contribution < -0.4 is 0 Å². The van der Waals surface area contributed by atoms with Crippen LogP contribution in [0.25, 0.3) is 0 Å². The van der Waals surface area contributed by atoms with E-state index in [-0.39, 0.29) is 11.5 Å². The van der Waals surface area contributed by atoms with E-state index in [4.69, 9.17) is 9.66 Å². The molecule has 0 aliphatic heterocycles. The van der Waals surface area contributed by atoms with E-state index >= 15 is 0 Å². The van der Waals surface area contributed by atoms with Crippen molar-refractivity contribution in [2.45, 2.75) is 5.75 Å². The Bertz CT molecular complexity index is 272. The Kier molecular flexibility index (Phi) is 2.62. The lowest BCUT2D eigenvalue weighted by atomic mass is 10.2. The van der Waals surface area contributed by atoms with Gasteiger partial charge < -0.3 is 9.66 Å². The molecule has 11 heavy (non-hydrogen) atoms. The van der Waals surface area contributed by atoms with Gasteiger partial charge in [-0.05, 0) is 17.7 Å². The molecule has 0 heterocycles. The molecule has 1 aromatic rings. The fourth-order valence-electron chi connectivity index (χ4n) is 0.789. The third kappa shape index (κ3) is 2.69. The molecule has 3 nitrogen and oxygen atoms in total. The standard InChI is InChI=1S/C7H8O3S/c8-7-3-1-2-6(4-7)5-11(9)10/h1-4,8H,5H2,(H,9,10). The Labute approximate surface area is 67.0 Å². The number of phenols is 1. The number of rotatable bonds is 2. The maximum Gasteiger partial charge on any atom is 0.157 e. The lowest BCUT2D eigenvalue weighted by Crippen LogP contribution is -1.91. The Balaban J connectivity index is 2.79. The van der Waals surface area contributed by atoms with Gasteiger partial charge in [-0.25, -0.2) is 4.21 Å². The third-order valence-electron chi connectivity index (χ3n) is 1.20. The van der Waals surface area contributed by atoms with E-state index in [0.717, 1.165) is 0 Å². The summed E-state index contributed by atoms with van der Waals surface area (Å²) in [6, 6.07) is 6.31. The predicted octanol–water partition coefficient (Wildman–Crippen LogP) is 1.11. The molecule has 0 saturated heterocycles. The quantitative estimate of drug-likeness (QED) is 0.657. The van der Waals surface area contributed by atoms with Crippen molar-refractivity contribution in [2.24, 2.45) is 0 Å². The molecule has 0 aromatic heterocycles. The molecule has 0 saturated carbocycles. The van der Waals surface area contributed by atoms with E-state index in [1.807, 2.05) is 0 Å². The summed E-state index contributed by atoms with van der Waals surface area (Å²) >= 11 is -1.84. The Morgan fingerprint density at radius 3 is 2.73 bits per heavy atom. The second-order valence-electron chi connectivity index (χ2n) is 2.14. The van der Waals surface area contributed by atoms with Crippen molar-refractivity contribution in [3.63, 3.8) is 0 Å². The molecule has 4 heteroatoms. The Morgan fingerprint density at radius 2 is 2.18 bits per heavy atom. The fourth-order valence-corrected chi connectivity index (χ4v) is 1.25. The molecule has 0 bridgehead atoms. The molecule has 0 amide bonds. The smallest absolute Gasteiger partial charge is 0.157 e. The second kappa shape index (κ2) is 3.50. The number of hydrogen-bond donors (Lipinski definition) is 2. The van der Waals surface area contributed by atoms with Gasteiger partial charge in [0.25, 0.3) is 0 Å². The lowest BCUT2D eigenvalue weighted by molar-refractivity contribution is 0.475. The van der Waals surface area contributed by atoms with Crippen LogP contribution in [0, 0.1) is 0 Å². The Morgan fingerprint density at radius 1 is 1.45 bits per heavy atom. The van der Waals surface area contributed by atoms with Crippen molar-refractivity contribution in [3.8, 4) is 5.75 Å². The summed E-state index contributed by atoms with van der Waals surface area (Å²) in [6.07, 6.45) is 0. The molecule has 0 radical (unpaired) electrons. The van der Waals surface area contributed by atoms with Crippen molar-refractivity contribution in [1.82, 2.24) is 0 Å². The first-order valence-corrected chi connectivity index (χ1v) is 4.31. The van der Waals surface area contributed by atoms with E-state index in [0.29, 0.717) is 5.56 Å². The third-order valence-corrected chi connectivity index (χ3v) is 1.78. The molecule has 0 spiro atoms. The summed E-state index contributed by atoms with van der Waals surface area (Å²) in [7, 11) is 0. The molecular weight excluding hydrogens is 164 g/mol. The van der Waals surface area contributed by atoms with Crippen LogP contribution >= 0.6 is 0 Å². The van der Waals surface area contributed by atoms with Gasteiger partial charge in [0.2, 0.25) is 0 Å². The van der Waals surface area contributed by atoms with Crippen LogP contribution in [0.5, 0.6) is 5.75 Å². The average Bonchev–Trinajstić information content (AvgIpc) is 1.85. The van der Waals surface area contributed by atoms with Crippen LogP contribution in [0.15, 0.2) is 24.3 Å². The fraction of sp³-hybridized carbons (Fsp3) is 0.143. The highest BCUT2D eigenvalue weighted by molar-refractivity contribution is 7.78. The van der Waals surface area contributed by atoms with Gasteiger partial charge in [-0.1, -0.05) is 12.1 Å². The summed E-state index contributed by atoms with van der Waals surface area (Å²) in [5.41, 5.74) is 0.658. The van der Waals surface area contributed by atoms with Crippen molar-refractivity contribution in [3.05, 3.63) is 29.8 Å².